The number of halogens is 2. The topological polar surface area (TPSA) is 52.7 Å². The van der Waals surface area contributed by atoms with E-state index in [4.69, 9.17) is 11.6 Å². The van der Waals surface area contributed by atoms with Crippen molar-refractivity contribution >= 4 is 23.4 Å². The van der Waals surface area contributed by atoms with Gasteiger partial charge in [-0.05, 0) is 18.2 Å². The van der Waals surface area contributed by atoms with Crippen molar-refractivity contribution < 1.29 is 14.0 Å². The van der Waals surface area contributed by atoms with Crippen molar-refractivity contribution in [3.8, 4) is 0 Å². The number of hydrogen-bond donors (Lipinski definition) is 1. The first-order valence-electron chi connectivity index (χ1n) is 7.35. The average molecular weight is 340 g/mol. The summed E-state index contributed by atoms with van der Waals surface area (Å²) in [4.78, 5) is 27.7. The van der Waals surface area contributed by atoms with Gasteiger partial charge in [-0.1, -0.05) is 17.7 Å². The second-order valence-corrected chi connectivity index (χ2v) is 5.69. The number of hydrogen-bond acceptors (Lipinski definition) is 3. The van der Waals surface area contributed by atoms with E-state index in [0.29, 0.717) is 44.8 Å². The van der Waals surface area contributed by atoms with E-state index in [2.05, 4.69) is 11.9 Å². The molecule has 0 unspecified atom stereocenters. The minimum atomic E-state index is -0.470. The maximum absolute atomic E-state index is 13.1. The van der Waals surface area contributed by atoms with Gasteiger partial charge in [0.2, 0.25) is 5.91 Å². The Balaban J connectivity index is 1.87. The fourth-order valence-corrected chi connectivity index (χ4v) is 2.64. The molecule has 1 aliphatic heterocycles. The van der Waals surface area contributed by atoms with E-state index in [9.17, 15) is 14.0 Å². The van der Waals surface area contributed by atoms with Crippen LogP contribution in [-0.2, 0) is 4.79 Å². The predicted octanol–water partition coefficient (Wildman–Crippen LogP) is 1.54. The second kappa shape index (κ2) is 8.08. The third-order valence-electron chi connectivity index (χ3n) is 3.63. The average Bonchev–Trinajstić information content (AvgIpc) is 2.53. The molecule has 0 aromatic heterocycles. The van der Waals surface area contributed by atoms with Crippen LogP contribution >= 0.6 is 11.6 Å². The van der Waals surface area contributed by atoms with Crippen molar-refractivity contribution in [3.63, 3.8) is 0 Å². The predicted molar refractivity (Wildman–Crippen MR) is 87.0 cm³/mol. The molecule has 1 aromatic rings. The van der Waals surface area contributed by atoms with Gasteiger partial charge in [0.05, 0.1) is 17.1 Å². The van der Waals surface area contributed by atoms with Gasteiger partial charge in [-0.3, -0.25) is 14.5 Å². The number of amides is 2. The smallest absolute Gasteiger partial charge is 0.255 e. The van der Waals surface area contributed by atoms with Gasteiger partial charge >= 0.3 is 0 Å². The van der Waals surface area contributed by atoms with Crippen LogP contribution < -0.4 is 5.32 Å². The van der Waals surface area contributed by atoms with Gasteiger partial charge in [0.1, 0.15) is 5.82 Å². The summed E-state index contributed by atoms with van der Waals surface area (Å²) in [5.74, 6) is -0.751. The summed E-state index contributed by atoms with van der Waals surface area (Å²) in [5, 5.41) is 2.83. The van der Waals surface area contributed by atoms with Crippen molar-refractivity contribution in [1.82, 2.24) is 15.1 Å². The van der Waals surface area contributed by atoms with Crippen molar-refractivity contribution in [1.29, 1.82) is 0 Å². The largest absolute Gasteiger partial charge is 0.352 e. The van der Waals surface area contributed by atoms with Gasteiger partial charge in [-0.2, -0.15) is 0 Å². The lowest BCUT2D eigenvalue weighted by Gasteiger charge is -2.34. The standard InChI is InChI=1S/C16H19ClFN3O2/c1-2-5-19-15(22)11-20-6-8-21(9-7-20)16(23)13-4-3-12(18)10-14(13)17/h2-4,10H,1,5-9,11H2,(H,19,22). The van der Waals surface area contributed by atoms with Crippen LogP contribution in [-0.4, -0.2) is 60.9 Å². The van der Waals surface area contributed by atoms with Crippen LogP contribution in [0.1, 0.15) is 10.4 Å². The van der Waals surface area contributed by atoms with E-state index >= 15 is 0 Å². The van der Waals surface area contributed by atoms with E-state index < -0.39 is 5.82 Å². The molecule has 1 aromatic carbocycles. The molecule has 0 atom stereocenters. The molecule has 0 saturated carbocycles. The normalized spacial score (nSPS) is 15.3. The Hall–Kier alpha value is -1.92. The zero-order valence-corrected chi connectivity index (χ0v) is 13.5. The highest BCUT2D eigenvalue weighted by molar-refractivity contribution is 6.33. The fourth-order valence-electron chi connectivity index (χ4n) is 2.39. The molecular formula is C16H19ClFN3O2. The molecule has 1 fully saturated rings. The number of carbonyl (C=O) groups is 2. The molecule has 0 aliphatic carbocycles. The van der Waals surface area contributed by atoms with Crippen molar-refractivity contribution in [3.05, 3.63) is 47.3 Å². The van der Waals surface area contributed by atoms with Crippen molar-refractivity contribution in [2.75, 3.05) is 39.3 Å². The highest BCUT2D eigenvalue weighted by Crippen LogP contribution is 2.19. The highest BCUT2D eigenvalue weighted by Gasteiger charge is 2.24. The Labute approximate surface area is 139 Å². The quantitative estimate of drug-likeness (QED) is 0.828. The van der Waals surface area contributed by atoms with Crippen molar-refractivity contribution in [2.24, 2.45) is 0 Å². The maximum Gasteiger partial charge on any atom is 0.255 e. The Morgan fingerprint density at radius 3 is 2.61 bits per heavy atom. The molecule has 1 heterocycles. The van der Waals surface area contributed by atoms with E-state index in [1.165, 1.54) is 12.1 Å². The molecule has 0 radical (unpaired) electrons. The maximum atomic E-state index is 13.1. The molecule has 7 heteroatoms. The van der Waals surface area contributed by atoms with Gasteiger partial charge in [-0.25, -0.2) is 4.39 Å². The number of nitrogens with zero attached hydrogens (tertiary/aromatic N) is 2. The van der Waals surface area contributed by atoms with E-state index in [0.717, 1.165) is 6.07 Å². The third-order valence-corrected chi connectivity index (χ3v) is 3.94. The minimum Gasteiger partial charge on any atom is -0.352 e. The molecule has 124 valence electrons. The number of benzene rings is 1. The molecule has 1 aliphatic rings. The zero-order chi connectivity index (χ0) is 16.8. The molecular weight excluding hydrogens is 321 g/mol. The van der Waals surface area contributed by atoms with Gasteiger partial charge in [-0.15, -0.1) is 6.58 Å². The molecule has 23 heavy (non-hydrogen) atoms. The van der Waals surface area contributed by atoms with Crippen LogP contribution in [0.25, 0.3) is 0 Å². The van der Waals surface area contributed by atoms with E-state index in [1.807, 2.05) is 4.90 Å². The van der Waals surface area contributed by atoms with Gasteiger partial charge in [0.15, 0.2) is 0 Å². The molecule has 1 saturated heterocycles. The Morgan fingerprint density at radius 1 is 1.30 bits per heavy atom. The summed E-state index contributed by atoms with van der Waals surface area (Å²) in [6.07, 6.45) is 1.63. The lowest BCUT2D eigenvalue weighted by Crippen LogP contribution is -2.51. The molecule has 2 amide bonds. The lowest BCUT2D eigenvalue weighted by molar-refractivity contribution is -0.122. The molecule has 0 bridgehead atoms. The Morgan fingerprint density at radius 2 is 2.00 bits per heavy atom. The fraction of sp³-hybridized carbons (Fsp3) is 0.375. The monoisotopic (exact) mass is 339 g/mol. The molecule has 0 spiro atoms. The molecule has 2 rings (SSSR count). The van der Waals surface area contributed by atoms with Crippen LogP contribution in [0, 0.1) is 5.82 Å². The van der Waals surface area contributed by atoms with E-state index in [1.54, 1.807) is 11.0 Å². The van der Waals surface area contributed by atoms with Gasteiger partial charge < -0.3 is 10.2 Å². The summed E-state index contributed by atoms with van der Waals surface area (Å²) in [5.41, 5.74) is 0.297. The molecule has 5 nitrogen and oxygen atoms in total. The number of carbonyl (C=O) groups excluding carboxylic acids is 2. The summed E-state index contributed by atoms with van der Waals surface area (Å²) >= 11 is 5.93. The lowest BCUT2D eigenvalue weighted by atomic mass is 10.1. The number of piperazine rings is 1. The van der Waals surface area contributed by atoms with Gasteiger partial charge in [0, 0.05) is 32.7 Å². The van der Waals surface area contributed by atoms with Crippen LogP contribution in [0.5, 0.6) is 0 Å². The van der Waals surface area contributed by atoms with Crippen molar-refractivity contribution in [2.45, 2.75) is 0 Å². The second-order valence-electron chi connectivity index (χ2n) is 5.29. The summed E-state index contributed by atoms with van der Waals surface area (Å²) in [7, 11) is 0. The SMILES string of the molecule is C=CCNC(=O)CN1CCN(C(=O)c2ccc(F)cc2Cl)CC1. The minimum absolute atomic E-state index is 0.0637. The Bertz CT molecular complexity index is 601. The first kappa shape index (κ1) is 17.4. The van der Waals surface area contributed by atoms with Crippen LogP contribution in [0.15, 0.2) is 30.9 Å². The van der Waals surface area contributed by atoms with E-state index in [-0.39, 0.29) is 16.8 Å². The summed E-state index contributed by atoms with van der Waals surface area (Å²) in [6.45, 7) is 6.50. The summed E-state index contributed by atoms with van der Waals surface area (Å²) in [6, 6.07) is 3.75. The van der Waals surface area contributed by atoms with Gasteiger partial charge in [0.25, 0.3) is 5.91 Å². The summed E-state index contributed by atoms with van der Waals surface area (Å²) < 4.78 is 13.1. The molecule has 1 N–H and O–H groups in total. The number of nitrogens with one attached hydrogen (secondary N) is 1. The Kier molecular flexibility index (Phi) is 6.12. The first-order valence-corrected chi connectivity index (χ1v) is 7.73. The first-order chi connectivity index (χ1) is 11.0. The van der Waals surface area contributed by atoms with Crippen LogP contribution in [0.2, 0.25) is 5.02 Å². The highest BCUT2D eigenvalue weighted by atomic mass is 35.5. The van der Waals surface area contributed by atoms with Crippen LogP contribution in [0.4, 0.5) is 4.39 Å². The zero-order valence-electron chi connectivity index (χ0n) is 12.7. The van der Waals surface area contributed by atoms with Crippen LogP contribution in [0.3, 0.4) is 0 Å². The number of rotatable bonds is 5. The third kappa shape index (κ3) is 4.77.